The monoisotopic (exact) mass is 250 g/mol. The van der Waals surface area contributed by atoms with Crippen molar-refractivity contribution in [1.82, 2.24) is 9.97 Å². The molecule has 0 radical (unpaired) electrons. The first-order valence-corrected chi connectivity index (χ1v) is 4.98. The molecule has 0 aliphatic heterocycles. The molecule has 0 unspecified atom stereocenters. The van der Waals surface area contributed by atoms with Crippen LogP contribution in [-0.2, 0) is 0 Å². The van der Waals surface area contributed by atoms with Gasteiger partial charge >= 0.3 is 0 Å². The molecule has 1 aromatic carbocycles. The third-order valence-corrected chi connectivity index (χ3v) is 2.06. The van der Waals surface area contributed by atoms with E-state index < -0.39 is 11.6 Å². The van der Waals surface area contributed by atoms with Crippen LogP contribution in [0.4, 0.5) is 8.78 Å². The van der Waals surface area contributed by atoms with E-state index in [4.69, 9.17) is 11.6 Å². The van der Waals surface area contributed by atoms with Crippen molar-refractivity contribution in [2.24, 2.45) is 0 Å². The van der Waals surface area contributed by atoms with E-state index in [1.165, 1.54) is 12.3 Å². The predicted molar refractivity (Wildman–Crippen MR) is 59.4 cm³/mol. The molecule has 1 aromatic heterocycles. The molecule has 1 heterocycles. The van der Waals surface area contributed by atoms with Crippen LogP contribution in [0.1, 0.15) is 11.3 Å². The van der Waals surface area contributed by atoms with Crippen molar-refractivity contribution in [3.63, 3.8) is 0 Å². The van der Waals surface area contributed by atoms with Crippen LogP contribution in [0.25, 0.3) is 0 Å². The fraction of sp³-hybridized carbons (Fsp3) is 0. The summed E-state index contributed by atoms with van der Waals surface area (Å²) in [5.74, 6) is 3.81. The van der Waals surface area contributed by atoms with Crippen LogP contribution < -0.4 is 0 Å². The van der Waals surface area contributed by atoms with Gasteiger partial charge in [-0.15, -0.1) is 0 Å². The summed E-state index contributed by atoms with van der Waals surface area (Å²) in [5, 5.41) is 0.0661. The molecular formula is C12H5ClF2N2. The van der Waals surface area contributed by atoms with Gasteiger partial charge in [-0.25, -0.2) is 18.7 Å². The number of aromatic nitrogens is 2. The molecule has 0 aliphatic rings. The lowest BCUT2D eigenvalue weighted by Crippen LogP contribution is -1.87. The van der Waals surface area contributed by atoms with Gasteiger partial charge in [-0.3, -0.25) is 0 Å². The number of rotatable bonds is 0. The van der Waals surface area contributed by atoms with Gasteiger partial charge < -0.3 is 0 Å². The first-order valence-electron chi connectivity index (χ1n) is 4.61. The summed E-state index contributed by atoms with van der Waals surface area (Å²) in [4.78, 5) is 7.51. The van der Waals surface area contributed by atoms with E-state index in [0.29, 0.717) is 5.69 Å². The van der Waals surface area contributed by atoms with Gasteiger partial charge in [0.1, 0.15) is 17.3 Å². The highest BCUT2D eigenvalue weighted by molar-refractivity contribution is 6.28. The van der Waals surface area contributed by atoms with Crippen LogP contribution in [0.5, 0.6) is 0 Å². The van der Waals surface area contributed by atoms with E-state index in [2.05, 4.69) is 21.8 Å². The van der Waals surface area contributed by atoms with E-state index in [-0.39, 0.29) is 10.8 Å². The third kappa shape index (κ3) is 2.99. The molecule has 2 aromatic rings. The first-order chi connectivity index (χ1) is 8.15. The Morgan fingerprint density at radius 1 is 1.12 bits per heavy atom. The van der Waals surface area contributed by atoms with Gasteiger partial charge in [0.25, 0.3) is 0 Å². The average Bonchev–Trinajstić information content (AvgIpc) is 2.28. The lowest BCUT2D eigenvalue weighted by Gasteiger charge is -1.93. The van der Waals surface area contributed by atoms with Crippen molar-refractivity contribution in [1.29, 1.82) is 0 Å². The smallest absolute Gasteiger partial charge is 0.223 e. The standard InChI is InChI=1S/C12H5ClF2N2/c13-12-16-6-5-10(17-12)4-2-8-1-3-9(14)7-11(8)15/h1,3,5-7H. The number of nitrogens with zero attached hydrogens (tertiary/aromatic N) is 2. The van der Waals surface area contributed by atoms with Crippen LogP contribution in [0, 0.1) is 23.5 Å². The second-order valence-electron chi connectivity index (χ2n) is 3.09. The van der Waals surface area contributed by atoms with E-state index in [1.54, 1.807) is 6.07 Å². The zero-order valence-corrected chi connectivity index (χ0v) is 9.17. The summed E-state index contributed by atoms with van der Waals surface area (Å²) < 4.78 is 25.9. The summed E-state index contributed by atoms with van der Waals surface area (Å²) in [5.41, 5.74) is 0.467. The Hall–Kier alpha value is -1.99. The Balaban J connectivity index is 2.33. The van der Waals surface area contributed by atoms with Gasteiger partial charge in [-0.1, -0.05) is 5.92 Å². The molecule has 5 heteroatoms. The van der Waals surface area contributed by atoms with Crippen LogP contribution in [0.3, 0.4) is 0 Å². The maximum atomic E-state index is 13.2. The Kier molecular flexibility index (Phi) is 3.31. The van der Waals surface area contributed by atoms with Crippen LogP contribution in [0.15, 0.2) is 30.5 Å². The Morgan fingerprint density at radius 2 is 1.94 bits per heavy atom. The van der Waals surface area contributed by atoms with Gasteiger partial charge in [-0.2, -0.15) is 0 Å². The summed E-state index contributed by atoms with van der Waals surface area (Å²) in [6.07, 6.45) is 1.44. The Morgan fingerprint density at radius 3 is 2.65 bits per heavy atom. The third-order valence-electron chi connectivity index (χ3n) is 1.88. The molecule has 0 aliphatic carbocycles. The van der Waals surface area contributed by atoms with Crippen molar-refractivity contribution in [3.8, 4) is 11.8 Å². The maximum Gasteiger partial charge on any atom is 0.223 e. The zero-order chi connectivity index (χ0) is 12.3. The second kappa shape index (κ2) is 4.89. The largest absolute Gasteiger partial charge is 0.226 e. The van der Waals surface area contributed by atoms with Crippen molar-refractivity contribution >= 4 is 11.6 Å². The van der Waals surface area contributed by atoms with Crippen molar-refractivity contribution < 1.29 is 8.78 Å². The molecule has 0 saturated carbocycles. The minimum Gasteiger partial charge on any atom is -0.226 e. The molecule has 2 rings (SSSR count). The van der Waals surface area contributed by atoms with Crippen LogP contribution in [0.2, 0.25) is 5.28 Å². The lowest BCUT2D eigenvalue weighted by molar-refractivity contribution is 0.581. The SMILES string of the molecule is Fc1ccc(C#Cc2ccnc(Cl)n2)c(F)c1. The maximum absolute atomic E-state index is 13.2. The van der Waals surface area contributed by atoms with Gasteiger partial charge in [0.2, 0.25) is 5.28 Å². The Bertz CT molecular complexity index is 617. The summed E-state index contributed by atoms with van der Waals surface area (Å²) in [6, 6.07) is 4.72. The summed E-state index contributed by atoms with van der Waals surface area (Å²) >= 11 is 5.56. The topological polar surface area (TPSA) is 25.8 Å². The molecule has 0 bridgehead atoms. The summed E-state index contributed by atoms with van der Waals surface area (Å²) in [7, 11) is 0. The number of halogens is 3. The van der Waals surface area contributed by atoms with E-state index in [1.807, 2.05) is 0 Å². The number of hydrogen-bond acceptors (Lipinski definition) is 2. The molecule has 0 saturated heterocycles. The molecule has 84 valence electrons. The molecule has 0 spiro atoms. The minimum absolute atomic E-state index is 0.0661. The summed E-state index contributed by atoms with van der Waals surface area (Å²) in [6.45, 7) is 0. The second-order valence-corrected chi connectivity index (χ2v) is 3.42. The van der Waals surface area contributed by atoms with E-state index in [9.17, 15) is 8.78 Å². The van der Waals surface area contributed by atoms with Crippen molar-refractivity contribution in [3.05, 3.63) is 58.6 Å². The van der Waals surface area contributed by atoms with E-state index in [0.717, 1.165) is 12.1 Å². The van der Waals surface area contributed by atoms with Crippen LogP contribution >= 0.6 is 11.6 Å². The average molecular weight is 251 g/mol. The quantitative estimate of drug-likeness (QED) is 0.531. The van der Waals surface area contributed by atoms with E-state index >= 15 is 0 Å². The highest BCUT2D eigenvalue weighted by Crippen LogP contribution is 2.08. The van der Waals surface area contributed by atoms with Crippen LogP contribution in [-0.4, -0.2) is 9.97 Å². The van der Waals surface area contributed by atoms with Crippen molar-refractivity contribution in [2.75, 3.05) is 0 Å². The fourth-order valence-electron chi connectivity index (χ4n) is 1.13. The highest BCUT2D eigenvalue weighted by atomic mass is 35.5. The first kappa shape index (κ1) is 11.5. The molecule has 2 nitrogen and oxygen atoms in total. The lowest BCUT2D eigenvalue weighted by atomic mass is 10.2. The Labute approximate surface area is 101 Å². The van der Waals surface area contributed by atoms with Gasteiger partial charge in [0.05, 0.1) is 5.56 Å². The molecule has 0 amide bonds. The predicted octanol–water partition coefficient (Wildman–Crippen LogP) is 2.81. The molecule has 0 atom stereocenters. The zero-order valence-electron chi connectivity index (χ0n) is 8.42. The number of benzene rings is 1. The minimum atomic E-state index is -0.711. The normalized spacial score (nSPS) is 9.59. The number of hydrogen-bond donors (Lipinski definition) is 0. The van der Waals surface area contributed by atoms with Gasteiger partial charge in [0, 0.05) is 12.3 Å². The highest BCUT2D eigenvalue weighted by Gasteiger charge is 2.00. The van der Waals surface area contributed by atoms with Gasteiger partial charge in [-0.05, 0) is 35.7 Å². The van der Waals surface area contributed by atoms with Crippen molar-refractivity contribution in [2.45, 2.75) is 0 Å². The fourth-order valence-corrected chi connectivity index (χ4v) is 1.27. The molecule has 17 heavy (non-hydrogen) atoms. The molecule has 0 N–H and O–H groups in total. The molecule has 0 fully saturated rings. The van der Waals surface area contributed by atoms with Gasteiger partial charge in [0.15, 0.2) is 0 Å². The molecular weight excluding hydrogens is 246 g/mol.